The van der Waals surface area contributed by atoms with Gasteiger partial charge in [0.25, 0.3) is 0 Å². The maximum absolute atomic E-state index is 14.0. The number of cyclic esters (lactones) is 1. The molecule has 0 spiro atoms. The number of rotatable bonds is 7. The molecule has 0 aromatic heterocycles. The van der Waals surface area contributed by atoms with Crippen molar-refractivity contribution < 1.29 is 53.0 Å². The Balaban J connectivity index is 1.24. The van der Waals surface area contributed by atoms with Crippen molar-refractivity contribution >= 4 is 23.7 Å². The van der Waals surface area contributed by atoms with Gasteiger partial charge in [-0.1, -0.05) is 18.2 Å². The molecule has 0 aliphatic carbocycles. The van der Waals surface area contributed by atoms with Crippen LogP contribution < -0.4 is 29.0 Å². The molecule has 0 saturated carbocycles. The van der Waals surface area contributed by atoms with E-state index in [4.69, 9.17) is 28.4 Å². The monoisotopic (exact) mass is 742 g/mol. The van der Waals surface area contributed by atoms with Gasteiger partial charge < -0.3 is 48.9 Å². The van der Waals surface area contributed by atoms with E-state index in [1.165, 1.54) is 6.07 Å². The lowest BCUT2D eigenvalue weighted by Gasteiger charge is -2.29. The average Bonchev–Trinajstić information content (AvgIpc) is 3.82. The van der Waals surface area contributed by atoms with Crippen LogP contribution in [0.4, 0.5) is 0 Å². The van der Waals surface area contributed by atoms with Gasteiger partial charge in [-0.05, 0) is 81.0 Å². The molecule has 4 aliphatic rings. The van der Waals surface area contributed by atoms with Crippen LogP contribution in [-0.4, -0.2) is 73.2 Å². The molecule has 13 heteroatoms. The number of carbonyl (C=O) groups excluding carboxylic acids is 3. The van der Waals surface area contributed by atoms with Crippen LogP contribution in [0.25, 0.3) is 6.08 Å². The molecule has 13 nitrogen and oxygen atoms in total. The fourth-order valence-corrected chi connectivity index (χ4v) is 7.77. The minimum Gasteiger partial charge on any atom is -0.507 e. The second kappa shape index (κ2) is 15.9. The number of phenolic OH excluding ortho intramolecular Hbond substituents is 2. The smallest absolute Gasteiger partial charge is 0.342 e. The second-order valence-corrected chi connectivity index (χ2v) is 14.2. The van der Waals surface area contributed by atoms with Gasteiger partial charge in [-0.15, -0.1) is 0 Å². The molecule has 1 unspecified atom stereocenters. The number of aromatic hydroxyl groups is 2. The summed E-state index contributed by atoms with van der Waals surface area (Å²) in [6, 6.07) is 6.57. The summed E-state index contributed by atoms with van der Waals surface area (Å²) >= 11 is 0. The van der Waals surface area contributed by atoms with E-state index in [0.29, 0.717) is 79.4 Å². The number of nitrogens with one attached hydrogen (secondary N) is 1. The highest BCUT2D eigenvalue weighted by Crippen LogP contribution is 2.50. The van der Waals surface area contributed by atoms with Gasteiger partial charge in [0.2, 0.25) is 25.2 Å². The van der Waals surface area contributed by atoms with Crippen LogP contribution in [0.5, 0.6) is 40.2 Å². The van der Waals surface area contributed by atoms with Gasteiger partial charge in [-0.2, -0.15) is 0 Å². The summed E-state index contributed by atoms with van der Waals surface area (Å²) < 4.78 is 34.4. The number of methoxy groups -OCH3 is 1. The highest BCUT2D eigenvalue weighted by Gasteiger charge is 2.34. The number of ketones is 1. The Morgan fingerprint density at radius 2 is 1.78 bits per heavy atom. The molecular weight excluding hydrogens is 696 g/mol. The van der Waals surface area contributed by atoms with E-state index in [1.807, 2.05) is 7.05 Å². The third-order valence-corrected chi connectivity index (χ3v) is 10.5. The molecule has 0 bridgehead atoms. The predicted octanol–water partition coefficient (Wildman–Crippen LogP) is 5.87. The number of fused-ring (bicyclic) bond motifs is 4. The van der Waals surface area contributed by atoms with E-state index >= 15 is 0 Å². The number of nitrogens with zero attached hydrogens (tertiary/aromatic N) is 1. The van der Waals surface area contributed by atoms with E-state index in [-0.39, 0.29) is 60.7 Å². The van der Waals surface area contributed by atoms with Crippen molar-refractivity contribution in [1.82, 2.24) is 10.2 Å². The Morgan fingerprint density at radius 3 is 2.61 bits per heavy atom. The largest absolute Gasteiger partial charge is 0.507 e. The van der Waals surface area contributed by atoms with Gasteiger partial charge in [-0.25, -0.2) is 4.79 Å². The highest BCUT2D eigenvalue weighted by molar-refractivity contribution is 5.98. The minimum absolute atomic E-state index is 0.00466. The molecule has 3 aromatic rings. The quantitative estimate of drug-likeness (QED) is 0.247. The van der Waals surface area contributed by atoms with Gasteiger partial charge >= 0.3 is 5.97 Å². The van der Waals surface area contributed by atoms with Gasteiger partial charge in [0.1, 0.15) is 22.8 Å². The third kappa shape index (κ3) is 7.50. The standard InChI is InChI=1S/C41H46N2O11/c1-23-8-7-11-26(44)10-6-4-5-9-25-16-31(45)36(37(47)35(25)41(48)54-23)28(24-12-13-32-33(17-24)51-21-50-32)18-34(46)42-19-29-27-14-15-43(2)20-30(27)38(49-3)40-39(29)52-22-53-40/h5,9,12-13,16-17,23,28,45,47H,4,6-8,10-11,14-15,18-22H2,1-3H3,(H,42,46)/b9-5+/t23-,28?/m0/s1. The van der Waals surface area contributed by atoms with E-state index in [9.17, 15) is 24.6 Å². The summed E-state index contributed by atoms with van der Waals surface area (Å²) in [6.45, 7) is 3.40. The number of hydrogen-bond acceptors (Lipinski definition) is 12. The summed E-state index contributed by atoms with van der Waals surface area (Å²) in [4.78, 5) is 42.3. The number of amides is 1. The SMILES string of the molecule is COc1c2c(c(CNC(=O)CC(c3ccc4c(c3)OCO4)c3c(O)cc4c(c3O)C(=O)O[C@@H](C)CCCC(=O)CCC/C=C/4)c3c1OCO3)CCN(C)C2. The van der Waals surface area contributed by atoms with E-state index < -0.39 is 23.7 Å². The summed E-state index contributed by atoms with van der Waals surface area (Å²) in [5, 5.41) is 26.7. The first-order chi connectivity index (χ1) is 26.1. The first-order valence-corrected chi connectivity index (χ1v) is 18.5. The van der Waals surface area contributed by atoms with Crippen molar-refractivity contribution in [2.24, 2.45) is 0 Å². The lowest BCUT2D eigenvalue weighted by Crippen LogP contribution is -2.30. The Labute approximate surface area is 313 Å². The molecule has 54 heavy (non-hydrogen) atoms. The number of carbonyl (C=O) groups is 3. The summed E-state index contributed by atoms with van der Waals surface area (Å²) in [6.07, 6.45) is 6.53. The van der Waals surface area contributed by atoms with Crippen LogP contribution in [0.1, 0.15) is 102 Å². The van der Waals surface area contributed by atoms with Crippen molar-refractivity contribution in [3.63, 3.8) is 0 Å². The van der Waals surface area contributed by atoms with Gasteiger partial charge in [-0.3, -0.25) is 9.59 Å². The van der Waals surface area contributed by atoms with Crippen molar-refractivity contribution in [1.29, 1.82) is 0 Å². The van der Waals surface area contributed by atoms with Crippen molar-refractivity contribution in [2.45, 2.75) is 83.4 Å². The molecule has 0 saturated heterocycles. The number of allylic oxidation sites excluding steroid dienone is 1. The van der Waals surface area contributed by atoms with E-state index in [0.717, 1.165) is 29.7 Å². The fraction of sp³-hybridized carbons (Fsp3) is 0.439. The number of benzene rings is 3. The number of Topliss-reactive ketones (excluding diaryl/α,β-unsaturated/α-hetero) is 1. The molecule has 4 aliphatic heterocycles. The van der Waals surface area contributed by atoms with Crippen LogP contribution in [0, 0.1) is 0 Å². The number of phenols is 2. The molecule has 3 aromatic carbocycles. The Morgan fingerprint density at radius 1 is 1.00 bits per heavy atom. The van der Waals surface area contributed by atoms with Gasteiger partial charge in [0.15, 0.2) is 23.0 Å². The zero-order valence-corrected chi connectivity index (χ0v) is 30.8. The fourth-order valence-electron chi connectivity index (χ4n) is 7.77. The number of likely N-dealkylation sites (N-methyl/N-ethyl adjacent to an activating group) is 1. The first-order valence-electron chi connectivity index (χ1n) is 18.5. The number of hydrogen-bond donors (Lipinski definition) is 3. The topological polar surface area (TPSA) is 162 Å². The minimum atomic E-state index is -0.929. The average molecular weight is 743 g/mol. The van der Waals surface area contributed by atoms with Gasteiger partial charge in [0.05, 0.1) is 13.2 Å². The maximum atomic E-state index is 14.0. The summed E-state index contributed by atoms with van der Waals surface area (Å²) in [5.41, 5.74) is 3.52. The summed E-state index contributed by atoms with van der Waals surface area (Å²) in [5.74, 6) is -0.0509. The summed E-state index contributed by atoms with van der Waals surface area (Å²) in [7, 11) is 3.64. The number of esters is 1. The molecule has 1 amide bonds. The Hall–Kier alpha value is -5.43. The zero-order valence-electron chi connectivity index (χ0n) is 30.8. The van der Waals surface area contributed by atoms with Crippen LogP contribution in [0.15, 0.2) is 30.3 Å². The zero-order chi connectivity index (χ0) is 37.9. The Bertz CT molecular complexity index is 1990. The van der Waals surface area contributed by atoms with Crippen molar-refractivity contribution in [2.75, 3.05) is 34.3 Å². The lowest BCUT2D eigenvalue weighted by molar-refractivity contribution is -0.121. The number of ether oxygens (including phenoxy) is 6. The molecule has 3 N–H and O–H groups in total. The van der Waals surface area contributed by atoms with Crippen LogP contribution in [0.3, 0.4) is 0 Å². The molecule has 4 heterocycles. The predicted molar refractivity (Wildman–Crippen MR) is 196 cm³/mol. The van der Waals surface area contributed by atoms with Crippen molar-refractivity contribution in [3.05, 3.63) is 69.3 Å². The molecule has 7 rings (SSSR count). The van der Waals surface area contributed by atoms with E-state index in [1.54, 1.807) is 44.4 Å². The van der Waals surface area contributed by atoms with Crippen LogP contribution in [0.2, 0.25) is 0 Å². The molecule has 0 radical (unpaired) electrons. The second-order valence-electron chi connectivity index (χ2n) is 14.2. The normalized spacial score (nSPS) is 19.6. The van der Waals surface area contributed by atoms with Crippen molar-refractivity contribution in [3.8, 4) is 40.2 Å². The van der Waals surface area contributed by atoms with Crippen LogP contribution >= 0.6 is 0 Å². The van der Waals surface area contributed by atoms with Crippen LogP contribution in [-0.2, 0) is 33.8 Å². The van der Waals surface area contributed by atoms with E-state index in [2.05, 4.69) is 10.2 Å². The molecule has 286 valence electrons. The first kappa shape index (κ1) is 36.9. The Kier molecular flexibility index (Phi) is 10.9. The maximum Gasteiger partial charge on any atom is 0.342 e. The highest BCUT2D eigenvalue weighted by atomic mass is 16.7. The molecular formula is C41H46N2O11. The molecule has 0 fully saturated rings. The van der Waals surface area contributed by atoms with Gasteiger partial charge in [0, 0.05) is 61.5 Å². The third-order valence-electron chi connectivity index (χ3n) is 10.5. The lowest BCUT2D eigenvalue weighted by atomic mass is 9.84. The molecule has 2 atom stereocenters.